The minimum atomic E-state index is -3.08. The third kappa shape index (κ3) is 3.44. The molecule has 0 aromatic heterocycles. The normalized spacial score (nSPS) is 27.0. The summed E-state index contributed by atoms with van der Waals surface area (Å²) in [6, 6.07) is 8.95. The van der Waals surface area contributed by atoms with Crippen LogP contribution in [0.1, 0.15) is 6.42 Å². The van der Waals surface area contributed by atoms with Crippen molar-refractivity contribution in [1.82, 2.24) is 0 Å². The van der Waals surface area contributed by atoms with E-state index in [0.717, 1.165) is 10.2 Å². The first-order chi connectivity index (χ1) is 10.9. The minimum absolute atomic E-state index is 0.0478. The highest BCUT2D eigenvalue weighted by atomic mass is 79.9. The Morgan fingerprint density at radius 3 is 2.74 bits per heavy atom. The zero-order valence-corrected chi connectivity index (χ0v) is 15.1. The van der Waals surface area contributed by atoms with Crippen LogP contribution in [0.25, 0.3) is 0 Å². The molecule has 0 bridgehead atoms. The van der Waals surface area contributed by atoms with Crippen LogP contribution in [0.15, 0.2) is 33.7 Å². The average Bonchev–Trinajstić information content (AvgIpc) is 2.91. The Bertz CT molecular complexity index is 815. The molecule has 9 heteroatoms. The van der Waals surface area contributed by atoms with Crippen molar-refractivity contribution >= 4 is 54.3 Å². The van der Waals surface area contributed by atoms with Gasteiger partial charge in [0.15, 0.2) is 15.0 Å². The lowest BCUT2D eigenvalue weighted by atomic mass is 10.2. The van der Waals surface area contributed by atoms with Crippen molar-refractivity contribution in [2.45, 2.75) is 17.7 Å². The number of rotatable bonds is 2. The monoisotopic (exact) mass is 413 g/mol. The second kappa shape index (κ2) is 6.26. The Morgan fingerprint density at radius 2 is 2.09 bits per heavy atom. The maximum Gasteiger partial charge on any atom is 0.262 e. The van der Waals surface area contributed by atoms with E-state index in [4.69, 9.17) is 5.26 Å². The van der Waals surface area contributed by atoms with Crippen LogP contribution in [0.3, 0.4) is 0 Å². The van der Waals surface area contributed by atoms with Crippen LogP contribution in [0, 0.1) is 11.3 Å². The fourth-order valence-electron chi connectivity index (χ4n) is 2.68. The van der Waals surface area contributed by atoms with E-state index < -0.39 is 15.7 Å². The summed E-state index contributed by atoms with van der Waals surface area (Å²) in [7, 11) is -3.08. The second-order valence-corrected chi connectivity index (χ2v) is 9.55. The number of amidine groups is 1. The lowest BCUT2D eigenvalue weighted by molar-refractivity contribution is -0.116. The first-order valence-corrected chi connectivity index (χ1v) is 10.3. The maximum absolute atomic E-state index is 11.9. The van der Waals surface area contributed by atoms with Crippen molar-refractivity contribution in [2.24, 2.45) is 4.99 Å². The van der Waals surface area contributed by atoms with E-state index in [1.54, 1.807) is 6.07 Å². The van der Waals surface area contributed by atoms with Gasteiger partial charge in [0.1, 0.15) is 6.42 Å². The summed E-state index contributed by atoms with van der Waals surface area (Å²) < 4.78 is 24.7. The number of nitriles is 1. The summed E-state index contributed by atoms with van der Waals surface area (Å²) in [5, 5.41) is 8.94. The zero-order chi connectivity index (χ0) is 16.6. The van der Waals surface area contributed by atoms with Crippen LogP contribution < -0.4 is 4.90 Å². The number of aliphatic imine (C=N–C) groups is 1. The molecule has 0 aliphatic carbocycles. The van der Waals surface area contributed by atoms with Crippen molar-refractivity contribution < 1.29 is 13.2 Å². The molecule has 0 unspecified atom stereocenters. The molecule has 2 saturated heterocycles. The molecule has 1 amide bonds. The van der Waals surface area contributed by atoms with Crippen LogP contribution in [-0.2, 0) is 14.6 Å². The smallest absolute Gasteiger partial charge is 0.262 e. The number of sulfone groups is 1. The lowest BCUT2D eigenvalue weighted by Gasteiger charge is -2.24. The molecule has 2 aliphatic rings. The number of halogens is 1. The van der Waals surface area contributed by atoms with Crippen LogP contribution in [-0.4, -0.2) is 42.3 Å². The first-order valence-electron chi connectivity index (χ1n) is 6.80. The van der Waals surface area contributed by atoms with Gasteiger partial charge in [-0.1, -0.05) is 27.7 Å². The molecule has 2 aliphatic heterocycles. The van der Waals surface area contributed by atoms with Gasteiger partial charge in [-0.3, -0.25) is 4.79 Å². The molecule has 2 atom stereocenters. The molecule has 2 fully saturated rings. The highest BCUT2D eigenvalue weighted by molar-refractivity contribution is 9.10. The molecular weight excluding hydrogens is 402 g/mol. The van der Waals surface area contributed by atoms with Crippen LogP contribution in [0.2, 0.25) is 0 Å². The molecule has 0 N–H and O–H groups in total. The van der Waals surface area contributed by atoms with Gasteiger partial charge in [-0.25, -0.2) is 8.42 Å². The molecular formula is C14H12BrN3O3S2. The highest BCUT2D eigenvalue weighted by Gasteiger charge is 2.49. The van der Waals surface area contributed by atoms with Crippen LogP contribution in [0.5, 0.6) is 0 Å². The Balaban J connectivity index is 1.99. The number of fused-ring (bicyclic) bond motifs is 1. The topological polar surface area (TPSA) is 90.6 Å². The predicted molar refractivity (Wildman–Crippen MR) is 93.1 cm³/mol. The summed E-state index contributed by atoms with van der Waals surface area (Å²) in [6.45, 7) is 0. The molecule has 3 rings (SSSR count). The van der Waals surface area contributed by atoms with E-state index in [1.807, 2.05) is 29.2 Å². The van der Waals surface area contributed by atoms with Gasteiger partial charge >= 0.3 is 0 Å². The predicted octanol–water partition coefficient (Wildman–Crippen LogP) is 1.96. The maximum atomic E-state index is 11.9. The van der Waals surface area contributed by atoms with Crippen molar-refractivity contribution in [1.29, 1.82) is 5.26 Å². The van der Waals surface area contributed by atoms with Gasteiger partial charge < -0.3 is 4.90 Å². The fraction of sp³-hybridized carbons (Fsp3) is 0.357. The minimum Gasteiger partial charge on any atom is -0.316 e. The van der Waals surface area contributed by atoms with Gasteiger partial charge in [0.25, 0.3) is 5.91 Å². The van der Waals surface area contributed by atoms with Gasteiger partial charge in [0.05, 0.1) is 23.6 Å². The van der Waals surface area contributed by atoms with E-state index >= 15 is 0 Å². The second-order valence-electron chi connectivity index (χ2n) is 5.27. The molecule has 120 valence electrons. The lowest BCUT2D eigenvalue weighted by Crippen LogP contribution is -2.37. The molecule has 6 nitrogen and oxygen atoms in total. The zero-order valence-electron chi connectivity index (χ0n) is 11.8. The average molecular weight is 414 g/mol. The summed E-state index contributed by atoms with van der Waals surface area (Å²) in [6.07, 6.45) is -0.286. The van der Waals surface area contributed by atoms with Gasteiger partial charge in [0.2, 0.25) is 0 Å². The van der Waals surface area contributed by atoms with Crippen molar-refractivity contribution in [3.05, 3.63) is 28.7 Å². The third-order valence-electron chi connectivity index (χ3n) is 3.62. The molecule has 0 spiro atoms. The number of hydrogen-bond donors (Lipinski definition) is 0. The van der Waals surface area contributed by atoms with Crippen molar-refractivity contribution in [3.8, 4) is 6.07 Å². The van der Waals surface area contributed by atoms with E-state index in [1.165, 1.54) is 11.8 Å². The highest BCUT2D eigenvalue weighted by Crippen LogP contribution is 2.41. The molecule has 0 radical (unpaired) electrons. The van der Waals surface area contributed by atoms with Crippen molar-refractivity contribution in [2.75, 3.05) is 16.4 Å². The summed E-state index contributed by atoms with van der Waals surface area (Å²) >= 11 is 4.66. The Morgan fingerprint density at radius 1 is 1.39 bits per heavy atom. The van der Waals surface area contributed by atoms with E-state index in [9.17, 15) is 13.2 Å². The number of carbonyl (C=O) groups excluding carboxylic acids is 1. The summed E-state index contributed by atoms with van der Waals surface area (Å²) in [5.41, 5.74) is 0.786. The van der Waals surface area contributed by atoms with Gasteiger partial charge in [-0.15, -0.1) is 0 Å². The fourth-order valence-corrected chi connectivity index (χ4v) is 6.88. The summed E-state index contributed by atoms with van der Waals surface area (Å²) in [5.74, 6) is -0.382. The Kier molecular flexibility index (Phi) is 4.49. The molecule has 1 aromatic carbocycles. The van der Waals surface area contributed by atoms with E-state index in [0.29, 0.717) is 5.17 Å². The van der Waals surface area contributed by atoms with Crippen LogP contribution >= 0.6 is 27.7 Å². The number of anilines is 1. The van der Waals surface area contributed by atoms with Gasteiger partial charge in [-0.05, 0) is 24.3 Å². The first kappa shape index (κ1) is 16.5. The van der Waals surface area contributed by atoms with Crippen molar-refractivity contribution in [3.63, 3.8) is 0 Å². The van der Waals surface area contributed by atoms with E-state index in [2.05, 4.69) is 20.9 Å². The number of benzene rings is 1. The number of thioether (sulfide) groups is 1. The third-order valence-corrected chi connectivity index (χ3v) is 7.36. The number of amides is 1. The van der Waals surface area contributed by atoms with E-state index in [-0.39, 0.29) is 29.2 Å². The number of carbonyl (C=O) groups is 1. The largest absolute Gasteiger partial charge is 0.316 e. The van der Waals surface area contributed by atoms with Gasteiger partial charge in [-0.2, -0.15) is 10.3 Å². The number of nitrogens with zero attached hydrogens (tertiary/aromatic N) is 3. The SMILES string of the molecule is N#CCC(=O)N=C1S[C@H]2CS(=O)(=O)C[C@H]2N1c1ccc(Br)cc1. The number of hydrogen-bond acceptors (Lipinski definition) is 5. The molecule has 2 heterocycles. The standard InChI is InChI=1S/C14H12BrN3O3S2/c15-9-1-3-10(4-2-9)18-11-7-23(20,21)8-12(11)22-14(18)17-13(19)5-6-16/h1-4,11-12H,5,7-8H2/t11-,12+/m1/s1. The molecule has 1 aromatic rings. The molecule has 0 saturated carbocycles. The van der Waals surface area contributed by atoms with Crippen LogP contribution in [0.4, 0.5) is 5.69 Å². The molecule has 23 heavy (non-hydrogen) atoms. The van der Waals surface area contributed by atoms with Gasteiger partial charge in [0, 0.05) is 15.4 Å². The Labute approximate surface area is 146 Å². The summed E-state index contributed by atoms with van der Waals surface area (Å²) in [4.78, 5) is 17.5. The Hall–Kier alpha value is -1.37. The quantitative estimate of drug-likeness (QED) is 0.735.